The number of hydrogen-bond donors (Lipinski definition) is 4. The van der Waals surface area contributed by atoms with Crippen molar-refractivity contribution in [2.75, 3.05) is 52.8 Å². The quantitative estimate of drug-likeness (QED) is 0.342. The average Bonchev–Trinajstić information content (AvgIpc) is 2.39. The fourth-order valence-electron chi connectivity index (χ4n) is 1.01. The van der Waals surface area contributed by atoms with Crippen LogP contribution < -0.4 is 17.2 Å². The van der Waals surface area contributed by atoms with Gasteiger partial charge in [0, 0.05) is 18.7 Å². The highest BCUT2D eigenvalue weighted by atomic mass is 16.5. The SMILES string of the molecule is CC(N)COCCOCC(C)N.NCCCOCCO. The second kappa shape index (κ2) is 18.7. The number of ether oxygens (including phenoxy) is 3. The number of aliphatic hydroxyl groups is 1. The van der Waals surface area contributed by atoms with E-state index in [1.54, 1.807) is 0 Å². The molecule has 0 aliphatic carbocycles. The third-order valence-corrected chi connectivity index (χ3v) is 1.86. The van der Waals surface area contributed by atoms with Gasteiger partial charge in [-0.2, -0.15) is 0 Å². The number of aliphatic hydroxyl groups excluding tert-OH is 1. The van der Waals surface area contributed by atoms with E-state index in [9.17, 15) is 0 Å². The molecule has 0 aromatic heterocycles. The zero-order chi connectivity index (χ0) is 15.6. The van der Waals surface area contributed by atoms with E-state index in [0.29, 0.717) is 46.2 Å². The first-order valence-corrected chi connectivity index (χ1v) is 7.09. The predicted octanol–water partition coefficient (Wildman–Crippen LogP) is -0.942. The summed E-state index contributed by atoms with van der Waals surface area (Å²) in [5, 5.41) is 8.21. The molecule has 0 saturated carbocycles. The first-order valence-electron chi connectivity index (χ1n) is 7.09. The largest absolute Gasteiger partial charge is 0.394 e. The van der Waals surface area contributed by atoms with Gasteiger partial charge in [-0.1, -0.05) is 0 Å². The molecule has 20 heavy (non-hydrogen) atoms. The molecule has 0 aliphatic rings. The summed E-state index contributed by atoms with van der Waals surface area (Å²) in [7, 11) is 0. The van der Waals surface area contributed by atoms with Gasteiger partial charge in [0.05, 0.1) is 39.6 Å². The van der Waals surface area contributed by atoms with Crippen molar-refractivity contribution in [2.24, 2.45) is 17.2 Å². The summed E-state index contributed by atoms with van der Waals surface area (Å²) in [6.07, 6.45) is 0.875. The molecule has 0 rings (SSSR count). The Kier molecular flexibility index (Phi) is 20.6. The van der Waals surface area contributed by atoms with Gasteiger partial charge in [-0.15, -0.1) is 0 Å². The first kappa shape index (κ1) is 22.0. The van der Waals surface area contributed by atoms with Crippen molar-refractivity contribution in [1.82, 2.24) is 0 Å². The van der Waals surface area contributed by atoms with Gasteiger partial charge in [-0.25, -0.2) is 0 Å². The van der Waals surface area contributed by atoms with Gasteiger partial charge < -0.3 is 36.5 Å². The van der Waals surface area contributed by atoms with E-state index in [2.05, 4.69) is 0 Å². The zero-order valence-electron chi connectivity index (χ0n) is 12.9. The molecule has 0 radical (unpaired) electrons. The maximum atomic E-state index is 8.21. The van der Waals surface area contributed by atoms with E-state index in [4.69, 9.17) is 36.5 Å². The molecule has 0 aliphatic heterocycles. The summed E-state index contributed by atoms with van der Waals surface area (Å²) < 4.78 is 15.3. The van der Waals surface area contributed by atoms with E-state index < -0.39 is 0 Å². The van der Waals surface area contributed by atoms with Gasteiger partial charge in [0.25, 0.3) is 0 Å². The highest BCUT2D eigenvalue weighted by Crippen LogP contribution is 1.83. The highest BCUT2D eigenvalue weighted by molar-refractivity contribution is 4.50. The van der Waals surface area contributed by atoms with Crippen LogP contribution in [0.4, 0.5) is 0 Å². The lowest BCUT2D eigenvalue weighted by Gasteiger charge is -2.08. The average molecular weight is 295 g/mol. The number of rotatable bonds is 12. The normalized spacial score (nSPS) is 13.5. The summed E-state index contributed by atoms with van der Waals surface area (Å²) in [6.45, 7) is 8.02. The first-order chi connectivity index (χ1) is 9.54. The molecule has 7 heteroatoms. The third kappa shape index (κ3) is 26.3. The van der Waals surface area contributed by atoms with Gasteiger partial charge in [0.1, 0.15) is 0 Å². The predicted molar refractivity (Wildman–Crippen MR) is 80.5 cm³/mol. The molecule has 0 heterocycles. The number of hydrogen-bond acceptors (Lipinski definition) is 7. The molecule has 0 bridgehead atoms. The molecule has 0 spiro atoms. The Labute approximate surface area is 122 Å². The molecular formula is C13H33N3O4. The summed E-state index contributed by atoms with van der Waals surface area (Å²) in [4.78, 5) is 0. The molecular weight excluding hydrogens is 262 g/mol. The number of nitrogens with two attached hydrogens (primary N) is 3. The Morgan fingerprint density at radius 3 is 1.70 bits per heavy atom. The van der Waals surface area contributed by atoms with Crippen LogP contribution in [0.5, 0.6) is 0 Å². The van der Waals surface area contributed by atoms with E-state index in [-0.39, 0.29) is 18.7 Å². The Morgan fingerprint density at radius 1 is 0.850 bits per heavy atom. The molecule has 2 atom stereocenters. The lowest BCUT2D eigenvalue weighted by molar-refractivity contribution is 0.0407. The molecule has 0 aromatic carbocycles. The van der Waals surface area contributed by atoms with Crippen LogP contribution in [0.25, 0.3) is 0 Å². The maximum Gasteiger partial charge on any atom is 0.0701 e. The zero-order valence-corrected chi connectivity index (χ0v) is 12.9. The molecule has 0 aromatic rings. The van der Waals surface area contributed by atoms with Crippen molar-refractivity contribution in [3.05, 3.63) is 0 Å². The van der Waals surface area contributed by atoms with Crippen molar-refractivity contribution in [1.29, 1.82) is 0 Å². The molecule has 7 nitrogen and oxygen atoms in total. The van der Waals surface area contributed by atoms with Crippen LogP contribution in [0.1, 0.15) is 20.3 Å². The van der Waals surface area contributed by atoms with E-state index >= 15 is 0 Å². The monoisotopic (exact) mass is 295 g/mol. The summed E-state index contributed by atoms with van der Waals surface area (Å²) >= 11 is 0. The van der Waals surface area contributed by atoms with E-state index in [1.165, 1.54) is 0 Å². The van der Waals surface area contributed by atoms with Crippen LogP contribution in [0.2, 0.25) is 0 Å². The molecule has 0 fully saturated rings. The Balaban J connectivity index is 0. The van der Waals surface area contributed by atoms with Crippen LogP contribution >= 0.6 is 0 Å². The van der Waals surface area contributed by atoms with Crippen LogP contribution in [-0.4, -0.2) is 70.0 Å². The van der Waals surface area contributed by atoms with Gasteiger partial charge in [-0.3, -0.25) is 0 Å². The molecule has 0 amide bonds. The van der Waals surface area contributed by atoms with Gasteiger partial charge in [0.15, 0.2) is 0 Å². The maximum absolute atomic E-state index is 8.21. The molecule has 7 N–H and O–H groups in total. The lowest BCUT2D eigenvalue weighted by atomic mass is 10.4. The highest BCUT2D eigenvalue weighted by Gasteiger charge is 1.95. The van der Waals surface area contributed by atoms with Gasteiger partial charge in [-0.05, 0) is 26.8 Å². The fraction of sp³-hybridized carbons (Fsp3) is 1.00. The summed E-state index contributed by atoms with van der Waals surface area (Å²) in [6, 6.07) is 0.192. The van der Waals surface area contributed by atoms with E-state index in [0.717, 1.165) is 6.42 Å². The summed E-state index contributed by atoms with van der Waals surface area (Å²) in [5.41, 5.74) is 16.1. The van der Waals surface area contributed by atoms with Gasteiger partial charge in [0.2, 0.25) is 0 Å². The summed E-state index contributed by atoms with van der Waals surface area (Å²) in [5.74, 6) is 0. The second-order valence-corrected chi connectivity index (χ2v) is 4.58. The lowest BCUT2D eigenvalue weighted by Crippen LogP contribution is -2.25. The van der Waals surface area contributed by atoms with Crippen LogP contribution in [-0.2, 0) is 14.2 Å². The van der Waals surface area contributed by atoms with Crippen molar-refractivity contribution >= 4 is 0 Å². The van der Waals surface area contributed by atoms with Crippen LogP contribution in [0, 0.1) is 0 Å². The topological polar surface area (TPSA) is 126 Å². The van der Waals surface area contributed by atoms with Crippen LogP contribution in [0.3, 0.4) is 0 Å². The Hall–Kier alpha value is -0.280. The molecule has 0 saturated heterocycles. The second-order valence-electron chi connectivity index (χ2n) is 4.58. The minimum absolute atomic E-state index is 0.0958. The van der Waals surface area contributed by atoms with Crippen molar-refractivity contribution in [3.8, 4) is 0 Å². The minimum atomic E-state index is 0.0958. The fourth-order valence-corrected chi connectivity index (χ4v) is 1.01. The van der Waals surface area contributed by atoms with E-state index in [1.807, 2.05) is 13.8 Å². The smallest absolute Gasteiger partial charge is 0.0701 e. The molecule has 124 valence electrons. The Morgan fingerprint density at radius 2 is 1.35 bits per heavy atom. The van der Waals surface area contributed by atoms with Crippen LogP contribution in [0.15, 0.2) is 0 Å². The van der Waals surface area contributed by atoms with Crippen molar-refractivity contribution < 1.29 is 19.3 Å². The molecule has 2 unspecified atom stereocenters. The Bertz CT molecular complexity index is 154. The van der Waals surface area contributed by atoms with Crippen molar-refractivity contribution in [2.45, 2.75) is 32.4 Å². The van der Waals surface area contributed by atoms with Gasteiger partial charge >= 0.3 is 0 Å². The minimum Gasteiger partial charge on any atom is -0.394 e. The standard InChI is InChI=1S/C8H20N2O2.C5H13NO2/c1-7(9)5-11-3-4-12-6-8(2)10;6-2-1-4-8-5-3-7/h7-8H,3-6,9-10H2,1-2H3;7H,1-6H2. The third-order valence-electron chi connectivity index (χ3n) is 1.86. The van der Waals surface area contributed by atoms with Crippen molar-refractivity contribution in [3.63, 3.8) is 0 Å².